The van der Waals surface area contributed by atoms with Crippen molar-refractivity contribution in [2.75, 3.05) is 13.2 Å². The molecule has 3 aliphatic carbocycles. The van der Waals surface area contributed by atoms with E-state index in [1.54, 1.807) is 206 Å². The maximum absolute atomic E-state index is 16.6. The lowest BCUT2D eigenvalue weighted by atomic mass is 9.73. The van der Waals surface area contributed by atoms with Gasteiger partial charge in [-0.3, -0.25) is 28.8 Å². The van der Waals surface area contributed by atoms with Crippen LogP contribution in [0.15, 0.2) is 228 Å². The minimum atomic E-state index is -2.71. The molecular weight excluding hydrogens is 1420 g/mol. The van der Waals surface area contributed by atoms with Crippen molar-refractivity contribution in [3.63, 3.8) is 0 Å². The first kappa shape index (κ1) is 73.7. The standard InChI is InChI=1S/C87H64N6O14S2/c1-3-35-100-73-43-75(92-63(45-88)46-89)108-77(73)71-39-61-37-69-65(41-67(61)85(71,79(94)102-49-55-23-11-5-12-24-55)80(95)103-50-56-25-13-6-14-26-56)66-42-68-62(38-70(66)87(69,83(98)106-53-59-31-19-9-20-32-59)84(99)107-54-60-33-21-10-22-34-60)40-72(78-74(101-36-4-2)44-76(109-78)93-64(47-90)48-91)86(68,81(96)104-51-57-27-15-7-16-28-57)82(97)105-52-58-29-17-8-18-30-58/h5-34,37-44H,3-4,35-36,49-54H2,1-2H3. The van der Waals surface area contributed by atoms with Gasteiger partial charge in [0.2, 0.25) is 27.7 Å². The van der Waals surface area contributed by atoms with E-state index in [1.807, 2.05) is 13.8 Å². The van der Waals surface area contributed by atoms with Gasteiger partial charge in [-0.05, 0) is 127 Å². The van der Waals surface area contributed by atoms with Gasteiger partial charge in [-0.25, -0.2) is 9.98 Å². The van der Waals surface area contributed by atoms with Crippen LogP contribution in [0.1, 0.15) is 103 Å². The highest BCUT2D eigenvalue weighted by molar-refractivity contribution is 7.17. The number of nitriles is 4. The number of fused-ring (bicyclic) bond motifs is 5. The monoisotopic (exact) mass is 1480 g/mol. The highest BCUT2D eigenvalue weighted by atomic mass is 32.1. The summed E-state index contributed by atoms with van der Waals surface area (Å²) in [6.07, 6.45) is 3.97. The summed E-state index contributed by atoms with van der Waals surface area (Å²) in [5.74, 6) is -6.81. The van der Waals surface area contributed by atoms with E-state index in [9.17, 15) is 21.0 Å². The number of nitrogens with zero attached hydrogens (tertiary/aromatic N) is 6. The lowest BCUT2D eigenvalue weighted by Crippen LogP contribution is -2.47. The van der Waals surface area contributed by atoms with E-state index in [2.05, 4.69) is 9.98 Å². The van der Waals surface area contributed by atoms with Crippen molar-refractivity contribution in [2.45, 2.75) is 82.6 Å². The summed E-state index contributed by atoms with van der Waals surface area (Å²) in [5.41, 5.74) is -6.57. The number of carbonyl (C=O) groups excluding carboxylic acids is 6. The average molecular weight is 1480 g/mol. The van der Waals surface area contributed by atoms with Crippen LogP contribution >= 0.6 is 22.7 Å². The summed E-state index contributed by atoms with van der Waals surface area (Å²) in [5, 5.41) is 40.3. The molecule has 0 atom stereocenters. The molecule has 3 aliphatic rings. The van der Waals surface area contributed by atoms with Gasteiger partial charge in [0.15, 0.2) is 0 Å². The summed E-state index contributed by atoms with van der Waals surface area (Å²) >= 11 is 1.78. The van der Waals surface area contributed by atoms with Gasteiger partial charge in [-0.15, -0.1) is 22.7 Å². The van der Waals surface area contributed by atoms with Crippen molar-refractivity contribution in [2.24, 2.45) is 9.98 Å². The van der Waals surface area contributed by atoms with Gasteiger partial charge in [0.05, 0.1) is 23.0 Å². The first-order chi connectivity index (χ1) is 53.2. The number of esters is 6. The Morgan fingerprint density at radius 1 is 0.349 bits per heavy atom. The molecule has 0 saturated carbocycles. The number of thiophene rings is 2. The summed E-state index contributed by atoms with van der Waals surface area (Å²) in [4.78, 5) is 108. The van der Waals surface area contributed by atoms with Gasteiger partial charge in [-0.2, -0.15) is 21.0 Å². The molecule has 2 heterocycles. The Hall–Kier alpha value is -13.6. The SMILES string of the molecule is CCCOc1cc(N=C(C#N)C#N)sc1C1=Cc2cc3c(cc2C1(C(=O)OCc1ccccc1)C(=O)OCc1ccccc1)-c1cc2c(cc1C3(C(=O)OCc1ccccc1)C(=O)OCc1ccccc1)C=C(c1sc(N=C(C#N)C#N)cc1OCCC)C2(C(=O)OCc1ccccc1)C(=O)OCc1ccccc1. The first-order valence-corrected chi connectivity index (χ1v) is 36.3. The van der Waals surface area contributed by atoms with E-state index < -0.39 is 63.5 Å². The second-order valence-electron chi connectivity index (χ2n) is 25.3. The van der Waals surface area contributed by atoms with E-state index in [-0.39, 0.29) is 140 Å². The minimum Gasteiger partial charge on any atom is -0.492 e. The largest absolute Gasteiger partial charge is 0.492 e. The predicted octanol–water partition coefficient (Wildman–Crippen LogP) is 15.9. The first-order valence-electron chi connectivity index (χ1n) is 34.6. The molecule has 0 saturated heterocycles. The van der Waals surface area contributed by atoms with E-state index in [1.165, 1.54) is 48.6 Å². The molecular formula is C87H64N6O14S2. The Morgan fingerprint density at radius 2 is 0.606 bits per heavy atom. The number of benzene rings is 8. The number of hydrogen-bond acceptors (Lipinski definition) is 22. The van der Waals surface area contributed by atoms with Crippen molar-refractivity contribution >= 4 is 103 Å². The molecule has 2 aromatic heterocycles. The van der Waals surface area contributed by atoms with Crippen molar-refractivity contribution in [1.82, 2.24) is 0 Å². The molecule has 538 valence electrons. The molecule has 0 N–H and O–H groups in total. The van der Waals surface area contributed by atoms with Crippen LogP contribution in [0.5, 0.6) is 11.5 Å². The highest BCUT2D eigenvalue weighted by Gasteiger charge is 2.65. The van der Waals surface area contributed by atoms with Crippen molar-refractivity contribution in [3.8, 4) is 46.9 Å². The zero-order valence-electron chi connectivity index (χ0n) is 58.7. The Morgan fingerprint density at radius 3 is 0.853 bits per heavy atom. The number of hydrogen-bond donors (Lipinski definition) is 0. The van der Waals surface area contributed by atoms with Crippen LogP contribution in [-0.2, 0) is 113 Å². The van der Waals surface area contributed by atoms with Crippen LogP contribution in [0.2, 0.25) is 0 Å². The quantitative estimate of drug-likeness (QED) is 0.0190. The number of ether oxygens (including phenoxy) is 8. The fourth-order valence-corrected chi connectivity index (χ4v) is 15.5. The van der Waals surface area contributed by atoms with Gasteiger partial charge in [0.25, 0.3) is 0 Å². The molecule has 13 rings (SSSR count). The van der Waals surface area contributed by atoms with Crippen molar-refractivity contribution in [1.29, 1.82) is 21.0 Å². The van der Waals surface area contributed by atoms with E-state index in [0.29, 0.717) is 46.2 Å². The fraction of sp³-hybridized carbons (Fsp3) is 0.172. The molecule has 0 amide bonds. The fourth-order valence-electron chi connectivity index (χ4n) is 13.4. The zero-order valence-corrected chi connectivity index (χ0v) is 60.4. The summed E-state index contributed by atoms with van der Waals surface area (Å²) < 4.78 is 51.5. The summed E-state index contributed by atoms with van der Waals surface area (Å²) in [7, 11) is 0. The molecule has 0 aliphatic heterocycles. The lowest BCUT2D eigenvalue weighted by Gasteiger charge is -2.31. The van der Waals surface area contributed by atoms with Crippen LogP contribution in [0.4, 0.5) is 10.0 Å². The normalized spacial score (nSPS) is 13.2. The Labute approximate surface area is 634 Å². The lowest BCUT2D eigenvalue weighted by molar-refractivity contribution is -0.165. The van der Waals surface area contributed by atoms with Gasteiger partial charge in [0.1, 0.15) is 85.4 Å². The Balaban J connectivity index is 1.15. The molecule has 20 nitrogen and oxygen atoms in total. The molecule has 22 heteroatoms. The van der Waals surface area contributed by atoms with Gasteiger partial charge >= 0.3 is 35.8 Å². The smallest absolute Gasteiger partial charge is 0.333 e. The third kappa shape index (κ3) is 14.4. The molecule has 0 unspecified atom stereocenters. The number of rotatable bonds is 28. The molecule has 8 aromatic carbocycles. The second-order valence-corrected chi connectivity index (χ2v) is 27.4. The van der Waals surface area contributed by atoms with E-state index in [4.69, 9.17) is 37.9 Å². The predicted molar refractivity (Wildman–Crippen MR) is 406 cm³/mol. The molecule has 10 aromatic rings. The van der Waals surface area contributed by atoms with Gasteiger partial charge in [-0.1, -0.05) is 196 Å². The molecule has 0 spiro atoms. The molecule has 0 bridgehead atoms. The van der Waals surface area contributed by atoms with Crippen LogP contribution in [0.25, 0.3) is 34.4 Å². The number of aliphatic imine (C=N–C) groups is 2. The van der Waals surface area contributed by atoms with Gasteiger partial charge in [0, 0.05) is 23.3 Å². The summed E-state index contributed by atoms with van der Waals surface area (Å²) in [6.45, 7) is 1.59. The Bertz CT molecular complexity index is 5010. The topological polar surface area (TPSA) is 296 Å². The highest BCUT2D eigenvalue weighted by Crippen LogP contribution is 2.62. The maximum Gasteiger partial charge on any atom is 0.333 e. The third-order valence-electron chi connectivity index (χ3n) is 18.5. The zero-order chi connectivity index (χ0) is 76.1. The van der Waals surface area contributed by atoms with Crippen LogP contribution in [0.3, 0.4) is 0 Å². The van der Waals surface area contributed by atoms with Crippen LogP contribution < -0.4 is 9.47 Å². The van der Waals surface area contributed by atoms with Crippen molar-refractivity contribution < 1.29 is 66.7 Å². The second kappa shape index (κ2) is 32.8. The minimum absolute atomic E-state index is 0.0277. The average Bonchev–Trinajstić information content (AvgIpc) is 1.51. The van der Waals surface area contributed by atoms with Crippen molar-refractivity contribution in [3.05, 3.63) is 295 Å². The van der Waals surface area contributed by atoms with E-state index in [0.717, 1.165) is 22.7 Å². The van der Waals surface area contributed by atoms with Crippen LogP contribution in [0, 0.1) is 45.3 Å². The number of carbonyl (C=O) groups is 6. The maximum atomic E-state index is 16.6. The molecule has 0 radical (unpaired) electrons. The summed E-state index contributed by atoms with van der Waals surface area (Å²) in [6, 6.07) is 68.4. The molecule has 0 fully saturated rings. The van der Waals surface area contributed by atoms with Crippen LogP contribution in [-0.4, -0.2) is 60.5 Å². The van der Waals surface area contributed by atoms with E-state index >= 15 is 28.8 Å². The molecule has 109 heavy (non-hydrogen) atoms. The Kier molecular flexibility index (Phi) is 22.2. The third-order valence-corrected chi connectivity index (χ3v) is 20.5. The van der Waals surface area contributed by atoms with Gasteiger partial charge < -0.3 is 37.9 Å².